The van der Waals surface area contributed by atoms with Crippen LogP contribution in [0.4, 0.5) is 0 Å². The zero-order valence-electron chi connectivity index (χ0n) is 14.4. The number of nitrogens with one attached hydrogen (secondary N) is 1. The Bertz CT molecular complexity index is 759. The quantitative estimate of drug-likeness (QED) is 0.774. The molecule has 1 saturated heterocycles. The lowest BCUT2D eigenvalue weighted by Crippen LogP contribution is -2.55. The Morgan fingerprint density at radius 3 is 2.44 bits per heavy atom. The zero-order valence-corrected chi connectivity index (χ0v) is 15.3. The van der Waals surface area contributed by atoms with Crippen molar-refractivity contribution in [3.63, 3.8) is 0 Å². The van der Waals surface area contributed by atoms with Crippen molar-refractivity contribution < 1.29 is 18.0 Å². The van der Waals surface area contributed by atoms with Gasteiger partial charge in [0.05, 0.1) is 6.26 Å². The van der Waals surface area contributed by atoms with E-state index in [2.05, 4.69) is 11.9 Å². The highest BCUT2D eigenvalue weighted by atomic mass is 32.2. The van der Waals surface area contributed by atoms with E-state index in [0.717, 1.165) is 5.56 Å². The summed E-state index contributed by atoms with van der Waals surface area (Å²) in [6.07, 6.45) is 2.39. The molecule has 1 aliphatic heterocycles. The molecule has 1 unspecified atom stereocenters. The molecule has 7 nitrogen and oxygen atoms in total. The first kappa shape index (κ1) is 19.1. The largest absolute Gasteiger partial charge is 0.348 e. The molecule has 1 fully saturated rings. The first-order valence-corrected chi connectivity index (χ1v) is 9.82. The summed E-state index contributed by atoms with van der Waals surface area (Å²) in [5.41, 5.74) is 1.42. The highest BCUT2D eigenvalue weighted by Gasteiger charge is 2.31. The van der Waals surface area contributed by atoms with Crippen molar-refractivity contribution in [3.05, 3.63) is 48.0 Å². The van der Waals surface area contributed by atoms with Crippen molar-refractivity contribution in [2.45, 2.75) is 19.5 Å². The molecule has 2 amide bonds. The fourth-order valence-corrected chi connectivity index (χ4v) is 3.62. The van der Waals surface area contributed by atoms with Gasteiger partial charge in [0.2, 0.25) is 15.9 Å². The van der Waals surface area contributed by atoms with Crippen LogP contribution in [-0.2, 0) is 21.4 Å². The average Bonchev–Trinajstić information content (AvgIpc) is 2.58. The van der Waals surface area contributed by atoms with E-state index in [9.17, 15) is 18.0 Å². The monoisotopic (exact) mass is 365 g/mol. The standard InChI is InChI=1S/C17H23N3O4S/c1-4-16(21)18-11-14-5-7-15(8-6-14)17(22)20-10-9-19(12-13(20)2)25(3,23)24/h4-8,13H,1,9-12H2,2-3H3,(H,18,21). The van der Waals surface area contributed by atoms with E-state index in [4.69, 9.17) is 0 Å². The van der Waals surface area contributed by atoms with E-state index < -0.39 is 10.0 Å². The molecular weight excluding hydrogens is 342 g/mol. The SMILES string of the molecule is C=CC(=O)NCc1ccc(C(=O)N2CCN(S(C)(=O)=O)CC2C)cc1. The Hall–Kier alpha value is -2.19. The average molecular weight is 365 g/mol. The normalized spacial score (nSPS) is 18.6. The van der Waals surface area contributed by atoms with Crippen LogP contribution in [0.25, 0.3) is 0 Å². The van der Waals surface area contributed by atoms with Gasteiger partial charge in [-0.2, -0.15) is 4.31 Å². The van der Waals surface area contributed by atoms with Crippen LogP contribution in [0.1, 0.15) is 22.8 Å². The van der Waals surface area contributed by atoms with Crippen LogP contribution in [-0.4, -0.2) is 61.4 Å². The molecule has 0 aliphatic carbocycles. The molecule has 0 spiro atoms. The summed E-state index contributed by atoms with van der Waals surface area (Å²) < 4.78 is 24.7. The molecular formula is C17H23N3O4S. The molecule has 1 N–H and O–H groups in total. The van der Waals surface area contributed by atoms with E-state index in [1.165, 1.54) is 16.6 Å². The number of nitrogens with zero attached hydrogens (tertiary/aromatic N) is 2. The molecule has 25 heavy (non-hydrogen) atoms. The summed E-state index contributed by atoms with van der Waals surface area (Å²) in [6, 6.07) is 6.81. The maximum atomic E-state index is 12.7. The van der Waals surface area contributed by atoms with E-state index in [-0.39, 0.29) is 17.9 Å². The van der Waals surface area contributed by atoms with Gasteiger partial charge in [0.1, 0.15) is 0 Å². The van der Waals surface area contributed by atoms with Gasteiger partial charge in [0.25, 0.3) is 5.91 Å². The van der Waals surface area contributed by atoms with Gasteiger partial charge in [-0.25, -0.2) is 8.42 Å². The van der Waals surface area contributed by atoms with Gasteiger partial charge < -0.3 is 10.2 Å². The molecule has 1 atom stereocenters. The summed E-state index contributed by atoms with van der Waals surface area (Å²) >= 11 is 0. The van der Waals surface area contributed by atoms with Gasteiger partial charge in [-0.05, 0) is 30.7 Å². The highest BCUT2D eigenvalue weighted by Crippen LogP contribution is 2.16. The van der Waals surface area contributed by atoms with Crippen LogP contribution in [0.5, 0.6) is 0 Å². The van der Waals surface area contributed by atoms with E-state index >= 15 is 0 Å². The molecule has 0 aromatic heterocycles. The molecule has 0 radical (unpaired) electrons. The minimum Gasteiger partial charge on any atom is -0.348 e. The van der Waals surface area contributed by atoms with E-state index in [1.807, 2.05) is 6.92 Å². The van der Waals surface area contributed by atoms with Crippen LogP contribution >= 0.6 is 0 Å². The highest BCUT2D eigenvalue weighted by molar-refractivity contribution is 7.88. The number of carbonyl (C=O) groups is 2. The Morgan fingerprint density at radius 1 is 1.28 bits per heavy atom. The van der Waals surface area contributed by atoms with Crippen molar-refractivity contribution in [1.29, 1.82) is 0 Å². The lowest BCUT2D eigenvalue weighted by Gasteiger charge is -2.38. The van der Waals surface area contributed by atoms with Crippen LogP contribution < -0.4 is 5.32 Å². The smallest absolute Gasteiger partial charge is 0.254 e. The molecule has 0 saturated carbocycles. The second kappa shape index (κ2) is 7.79. The number of hydrogen-bond acceptors (Lipinski definition) is 4. The predicted octanol–water partition coefficient (Wildman–Crippen LogP) is 0.595. The fourth-order valence-electron chi connectivity index (χ4n) is 2.72. The molecule has 136 valence electrons. The van der Waals surface area contributed by atoms with Crippen molar-refractivity contribution in [2.75, 3.05) is 25.9 Å². The molecule has 2 rings (SSSR count). The van der Waals surface area contributed by atoms with Gasteiger partial charge in [-0.1, -0.05) is 18.7 Å². The number of carbonyl (C=O) groups excluding carboxylic acids is 2. The fraction of sp³-hybridized carbons (Fsp3) is 0.412. The Balaban J connectivity index is 2.01. The zero-order chi connectivity index (χ0) is 18.6. The van der Waals surface area contributed by atoms with Crippen LogP contribution in [0.2, 0.25) is 0 Å². The maximum absolute atomic E-state index is 12.7. The lowest BCUT2D eigenvalue weighted by atomic mass is 10.1. The Morgan fingerprint density at radius 2 is 1.92 bits per heavy atom. The summed E-state index contributed by atoms with van der Waals surface area (Å²) in [4.78, 5) is 25.5. The third-order valence-corrected chi connectivity index (χ3v) is 5.44. The first-order chi connectivity index (χ1) is 11.7. The van der Waals surface area contributed by atoms with Crippen LogP contribution in [0, 0.1) is 0 Å². The van der Waals surface area contributed by atoms with Crippen molar-refractivity contribution in [3.8, 4) is 0 Å². The van der Waals surface area contributed by atoms with E-state index in [1.54, 1.807) is 29.2 Å². The Kier molecular flexibility index (Phi) is 5.97. The number of hydrogen-bond donors (Lipinski definition) is 1. The summed E-state index contributed by atoms with van der Waals surface area (Å²) in [5, 5.41) is 2.67. The number of rotatable bonds is 5. The maximum Gasteiger partial charge on any atom is 0.254 e. The number of piperazine rings is 1. The number of sulfonamides is 1. The lowest BCUT2D eigenvalue weighted by molar-refractivity contribution is -0.116. The van der Waals surface area contributed by atoms with Gasteiger partial charge in [-0.3, -0.25) is 9.59 Å². The minimum absolute atomic E-state index is 0.123. The van der Waals surface area contributed by atoms with Crippen molar-refractivity contribution in [2.24, 2.45) is 0 Å². The first-order valence-electron chi connectivity index (χ1n) is 7.97. The second-order valence-electron chi connectivity index (χ2n) is 6.09. The molecule has 8 heteroatoms. The van der Waals surface area contributed by atoms with Gasteiger partial charge >= 0.3 is 0 Å². The summed E-state index contributed by atoms with van der Waals surface area (Å²) in [6.45, 7) is 6.56. The van der Waals surface area contributed by atoms with E-state index in [0.29, 0.717) is 31.7 Å². The minimum atomic E-state index is -3.24. The number of amides is 2. The Labute approximate surface area is 148 Å². The van der Waals surface area contributed by atoms with Crippen LogP contribution in [0.15, 0.2) is 36.9 Å². The topological polar surface area (TPSA) is 86.8 Å². The molecule has 1 aromatic rings. The number of benzene rings is 1. The molecule has 1 aromatic carbocycles. The van der Waals surface area contributed by atoms with Crippen molar-refractivity contribution >= 4 is 21.8 Å². The molecule has 1 heterocycles. The summed E-state index contributed by atoms with van der Waals surface area (Å²) in [7, 11) is -3.24. The third-order valence-electron chi connectivity index (χ3n) is 4.17. The summed E-state index contributed by atoms with van der Waals surface area (Å²) in [5.74, 6) is -0.375. The third kappa shape index (κ3) is 4.90. The van der Waals surface area contributed by atoms with Gasteiger partial charge in [0, 0.05) is 37.8 Å². The van der Waals surface area contributed by atoms with Gasteiger partial charge in [-0.15, -0.1) is 0 Å². The van der Waals surface area contributed by atoms with Crippen LogP contribution in [0.3, 0.4) is 0 Å². The van der Waals surface area contributed by atoms with Gasteiger partial charge in [0.15, 0.2) is 0 Å². The molecule has 0 bridgehead atoms. The predicted molar refractivity (Wildman–Crippen MR) is 95.4 cm³/mol. The van der Waals surface area contributed by atoms with Crippen molar-refractivity contribution in [1.82, 2.24) is 14.5 Å². The second-order valence-corrected chi connectivity index (χ2v) is 8.07. The molecule has 1 aliphatic rings.